The van der Waals surface area contributed by atoms with Gasteiger partial charge in [-0.15, -0.1) is 0 Å². The Balaban J connectivity index is 1.22. The van der Waals surface area contributed by atoms with Gasteiger partial charge in [-0.2, -0.15) is 0 Å². The van der Waals surface area contributed by atoms with Crippen molar-refractivity contribution < 1.29 is 0 Å². The van der Waals surface area contributed by atoms with Gasteiger partial charge in [0, 0.05) is 32.9 Å². The second kappa shape index (κ2) is 14.6. The third kappa shape index (κ3) is 7.03. The molecule has 0 aliphatic heterocycles. The molecule has 0 radical (unpaired) electrons. The predicted molar refractivity (Wildman–Crippen MR) is 279 cm³/mol. The average molecular weight is 835 g/mol. The molecule has 0 unspecified atom stereocenters. The summed E-state index contributed by atoms with van der Waals surface area (Å²) in [4.78, 5) is 2.53. The summed E-state index contributed by atoms with van der Waals surface area (Å²) in [5.74, 6) is 0. The van der Waals surface area contributed by atoms with E-state index in [1.807, 2.05) is 0 Å². The van der Waals surface area contributed by atoms with Gasteiger partial charge in [0.15, 0.2) is 0 Å². The molecule has 0 N–H and O–H groups in total. The fourth-order valence-electron chi connectivity index (χ4n) is 9.84. The van der Waals surface area contributed by atoms with Crippen molar-refractivity contribution in [3.05, 3.63) is 180 Å². The summed E-state index contributed by atoms with van der Waals surface area (Å²) in [5, 5.41) is 10.2. The number of nitrogens with zero attached hydrogens (tertiary/aromatic N) is 2. The molecule has 0 bridgehead atoms. The molecule has 0 atom stereocenters. The first-order chi connectivity index (χ1) is 30.3. The lowest BCUT2D eigenvalue weighted by atomic mass is 9.79. The van der Waals surface area contributed by atoms with Crippen LogP contribution < -0.4 is 4.90 Å². The minimum atomic E-state index is -0.0414. The topological polar surface area (TPSA) is 8.17 Å². The van der Waals surface area contributed by atoms with Gasteiger partial charge in [0.2, 0.25) is 0 Å². The van der Waals surface area contributed by atoms with Gasteiger partial charge in [-0.05, 0) is 125 Å². The number of rotatable bonds is 5. The number of aromatic nitrogens is 1. The van der Waals surface area contributed by atoms with Gasteiger partial charge in [-0.25, -0.2) is 0 Å². The Morgan fingerprint density at radius 1 is 0.344 bits per heavy atom. The Morgan fingerprint density at radius 3 is 1.30 bits per heavy atom. The Kier molecular flexibility index (Phi) is 9.48. The number of fused-ring (bicyclic) bond motifs is 3. The van der Waals surface area contributed by atoms with Crippen LogP contribution in [0, 0.1) is 0 Å². The second-order valence-corrected chi connectivity index (χ2v) is 22.4. The van der Waals surface area contributed by atoms with Gasteiger partial charge in [0.25, 0.3) is 0 Å². The normalized spacial score (nSPS) is 13.0. The van der Waals surface area contributed by atoms with Crippen LogP contribution in [0.1, 0.15) is 105 Å². The molecule has 0 saturated heterocycles. The van der Waals surface area contributed by atoms with Gasteiger partial charge >= 0.3 is 0 Å². The highest BCUT2D eigenvalue weighted by Gasteiger charge is 2.27. The summed E-state index contributed by atoms with van der Waals surface area (Å²) in [6.07, 6.45) is 0. The minimum Gasteiger partial charge on any atom is -0.310 e. The van der Waals surface area contributed by atoms with Gasteiger partial charge in [-0.3, -0.25) is 0 Å². The summed E-state index contributed by atoms with van der Waals surface area (Å²) >= 11 is 0. The third-order valence-electron chi connectivity index (χ3n) is 13.7. The molecule has 10 rings (SSSR count). The van der Waals surface area contributed by atoms with Gasteiger partial charge in [0.05, 0.1) is 22.4 Å². The minimum absolute atomic E-state index is 0.0365. The number of hydrogen-bond acceptors (Lipinski definition) is 1. The Morgan fingerprint density at radius 2 is 0.781 bits per heavy atom. The number of anilines is 3. The van der Waals surface area contributed by atoms with Crippen LogP contribution in [0.4, 0.5) is 17.1 Å². The van der Waals surface area contributed by atoms with Crippen molar-refractivity contribution in [3.8, 4) is 16.8 Å². The Hall–Kier alpha value is -6.38. The summed E-state index contributed by atoms with van der Waals surface area (Å²) < 4.78 is 2.47. The maximum atomic E-state index is 2.53. The van der Waals surface area contributed by atoms with E-state index in [0.29, 0.717) is 0 Å². The SMILES string of the molecule is CC(C)(C)c1cc(-c2ccc(N(c3cc(C(C)(C)C)cc(C(C)(C)C)c3)c3ccc4ccc5c(-n6c7ccccc7c7ccccc76)ccc6ccc3c4c65)cc2)cc(C(C)(C)C)c1. The smallest absolute Gasteiger partial charge is 0.0541 e. The quantitative estimate of drug-likeness (QED) is 0.157. The molecule has 2 heteroatoms. The highest BCUT2D eigenvalue weighted by Crippen LogP contribution is 2.47. The van der Waals surface area contributed by atoms with E-state index in [1.165, 1.54) is 105 Å². The van der Waals surface area contributed by atoms with E-state index in [0.717, 1.165) is 5.69 Å². The highest BCUT2D eigenvalue weighted by atomic mass is 15.1. The van der Waals surface area contributed by atoms with E-state index in [4.69, 9.17) is 0 Å². The van der Waals surface area contributed by atoms with E-state index in [9.17, 15) is 0 Å². The largest absolute Gasteiger partial charge is 0.310 e. The first-order valence-corrected chi connectivity index (χ1v) is 23.2. The maximum Gasteiger partial charge on any atom is 0.0541 e. The van der Waals surface area contributed by atoms with Crippen LogP contribution in [0.2, 0.25) is 0 Å². The van der Waals surface area contributed by atoms with E-state index in [1.54, 1.807) is 0 Å². The molecule has 1 heterocycles. The van der Waals surface area contributed by atoms with Crippen LogP contribution >= 0.6 is 0 Å². The first-order valence-electron chi connectivity index (χ1n) is 23.2. The Labute approximate surface area is 380 Å². The first kappa shape index (κ1) is 41.6. The van der Waals surface area contributed by atoms with Crippen molar-refractivity contribution >= 4 is 71.2 Å². The van der Waals surface area contributed by atoms with E-state index >= 15 is 0 Å². The van der Waals surface area contributed by atoms with Crippen molar-refractivity contribution in [3.63, 3.8) is 0 Å². The van der Waals surface area contributed by atoms with Crippen LogP contribution in [0.5, 0.6) is 0 Å². The number of hydrogen-bond donors (Lipinski definition) is 0. The molecule has 64 heavy (non-hydrogen) atoms. The molecule has 0 amide bonds. The average Bonchev–Trinajstić information content (AvgIpc) is 3.59. The number of para-hydroxylation sites is 2. The standard InChI is InChI=1S/C62H62N2/c1-59(2,3)43-33-42(34-44(35-43)60(4,5)6)39-21-27-47(28-22-39)63(48-37-45(61(7,8)9)36-46(38-48)62(10,11)12)55-31-25-40-24-30-52-56(32-26-41-23-29-51(55)57(40)58(41)52)64-53-19-15-13-17-49(53)50-18-14-16-20-54(50)64/h13-38H,1-12H3. The third-order valence-corrected chi connectivity index (χ3v) is 13.7. The van der Waals surface area contributed by atoms with Crippen molar-refractivity contribution in [2.24, 2.45) is 0 Å². The molecule has 0 aliphatic rings. The van der Waals surface area contributed by atoms with Gasteiger partial charge < -0.3 is 9.47 Å². The summed E-state index contributed by atoms with van der Waals surface area (Å²) in [5.41, 5.74) is 15.0. The lowest BCUT2D eigenvalue weighted by molar-refractivity contribution is 0.568. The molecular weight excluding hydrogens is 773 g/mol. The summed E-state index contributed by atoms with van der Waals surface area (Å²) in [7, 11) is 0. The maximum absolute atomic E-state index is 2.53. The van der Waals surface area contributed by atoms with Crippen LogP contribution in [0.15, 0.2) is 158 Å². The van der Waals surface area contributed by atoms with Crippen LogP contribution in [-0.4, -0.2) is 4.57 Å². The zero-order valence-corrected chi connectivity index (χ0v) is 39.9. The summed E-state index contributed by atoms with van der Waals surface area (Å²) in [6, 6.07) is 60.3. The second-order valence-electron chi connectivity index (χ2n) is 22.4. The van der Waals surface area contributed by atoms with Crippen molar-refractivity contribution in [1.29, 1.82) is 0 Å². The van der Waals surface area contributed by atoms with Crippen LogP contribution in [0.25, 0.3) is 70.9 Å². The molecule has 320 valence electrons. The van der Waals surface area contributed by atoms with E-state index < -0.39 is 0 Å². The Bertz CT molecular complexity index is 3290. The zero-order valence-electron chi connectivity index (χ0n) is 39.9. The van der Waals surface area contributed by atoms with Gasteiger partial charge in [0.1, 0.15) is 0 Å². The molecule has 1 aromatic heterocycles. The predicted octanol–water partition coefficient (Wildman–Crippen LogP) is 18.0. The van der Waals surface area contributed by atoms with Crippen molar-refractivity contribution in [2.45, 2.75) is 105 Å². The molecule has 0 aliphatic carbocycles. The fraction of sp³-hybridized carbons (Fsp3) is 0.258. The fourth-order valence-corrected chi connectivity index (χ4v) is 9.84. The zero-order chi connectivity index (χ0) is 45.1. The van der Waals surface area contributed by atoms with Gasteiger partial charge in [-0.1, -0.05) is 192 Å². The van der Waals surface area contributed by atoms with Crippen LogP contribution in [0.3, 0.4) is 0 Å². The van der Waals surface area contributed by atoms with Crippen molar-refractivity contribution in [1.82, 2.24) is 4.57 Å². The molecule has 2 nitrogen and oxygen atoms in total. The molecule has 0 spiro atoms. The molecular formula is C62H62N2. The molecule has 0 saturated carbocycles. The molecule has 10 aromatic rings. The lowest BCUT2D eigenvalue weighted by Gasteiger charge is -2.32. The monoisotopic (exact) mass is 834 g/mol. The van der Waals surface area contributed by atoms with E-state index in [2.05, 4.69) is 250 Å². The lowest BCUT2D eigenvalue weighted by Crippen LogP contribution is -2.19. The van der Waals surface area contributed by atoms with Crippen LogP contribution in [-0.2, 0) is 21.7 Å². The van der Waals surface area contributed by atoms with E-state index in [-0.39, 0.29) is 21.7 Å². The number of benzene rings is 9. The van der Waals surface area contributed by atoms with Crippen molar-refractivity contribution in [2.75, 3.05) is 4.90 Å². The highest BCUT2D eigenvalue weighted by molar-refractivity contribution is 6.27. The molecule has 0 fully saturated rings. The summed E-state index contributed by atoms with van der Waals surface area (Å²) in [6.45, 7) is 27.9. The molecule has 9 aromatic carbocycles.